The minimum absolute atomic E-state index is 0.360. The Balaban J connectivity index is 1.78. The number of allylic oxidation sites excluding steroid dienone is 7. The zero-order valence-electron chi connectivity index (χ0n) is 17.3. The van der Waals surface area contributed by atoms with Gasteiger partial charge in [0.2, 0.25) is 0 Å². The number of nitrogens with zero attached hydrogens (tertiary/aromatic N) is 2. The van der Waals surface area contributed by atoms with Gasteiger partial charge in [-0.3, -0.25) is 4.99 Å². The van der Waals surface area contributed by atoms with Crippen molar-refractivity contribution in [1.82, 2.24) is 0 Å². The molecule has 1 aliphatic heterocycles. The van der Waals surface area contributed by atoms with E-state index in [0.29, 0.717) is 5.92 Å². The lowest BCUT2D eigenvalue weighted by Gasteiger charge is -2.26. The molecular formula is C27H22Br2N2. The van der Waals surface area contributed by atoms with Gasteiger partial charge in [0.1, 0.15) is 0 Å². The lowest BCUT2D eigenvalue weighted by Crippen LogP contribution is -2.20. The third-order valence-electron chi connectivity index (χ3n) is 5.90. The van der Waals surface area contributed by atoms with Crippen LogP contribution in [-0.4, -0.2) is 11.4 Å². The van der Waals surface area contributed by atoms with Gasteiger partial charge in [0.05, 0.1) is 22.8 Å². The van der Waals surface area contributed by atoms with E-state index in [0.717, 1.165) is 67.7 Å². The molecule has 0 N–H and O–H groups in total. The highest BCUT2D eigenvalue weighted by atomic mass is 79.9. The molecule has 2 aromatic carbocycles. The fourth-order valence-electron chi connectivity index (χ4n) is 4.31. The van der Waals surface area contributed by atoms with E-state index in [2.05, 4.69) is 112 Å². The molecule has 3 aliphatic rings. The molecule has 2 aliphatic carbocycles. The van der Waals surface area contributed by atoms with Gasteiger partial charge < -0.3 is 0 Å². The Morgan fingerprint density at radius 2 is 1.42 bits per heavy atom. The third kappa shape index (κ3) is 4.11. The molecule has 31 heavy (non-hydrogen) atoms. The SMILES string of the molecule is CC1CC=CC2=C1C(c1ccc(Br)cc1)=NC1=C(C=CCC1)C(c1ccc(Br)cc1)=N2. The Morgan fingerprint density at radius 1 is 0.774 bits per heavy atom. The number of hydrogen-bond donors (Lipinski definition) is 0. The van der Waals surface area contributed by atoms with Gasteiger partial charge in [-0.25, -0.2) is 4.99 Å². The molecule has 0 bridgehead atoms. The van der Waals surface area contributed by atoms with Crippen LogP contribution < -0.4 is 0 Å². The molecule has 4 heteroatoms. The van der Waals surface area contributed by atoms with Crippen molar-refractivity contribution < 1.29 is 0 Å². The second-order valence-corrected chi connectivity index (χ2v) is 9.91. The van der Waals surface area contributed by atoms with Gasteiger partial charge in [-0.2, -0.15) is 0 Å². The molecule has 0 aromatic heterocycles. The van der Waals surface area contributed by atoms with Crippen molar-refractivity contribution >= 4 is 43.3 Å². The van der Waals surface area contributed by atoms with Crippen molar-refractivity contribution in [1.29, 1.82) is 0 Å². The Hall–Kier alpha value is -2.30. The predicted molar refractivity (Wildman–Crippen MR) is 137 cm³/mol. The Kier molecular flexibility index (Phi) is 5.77. The first-order chi connectivity index (χ1) is 15.1. The van der Waals surface area contributed by atoms with E-state index >= 15 is 0 Å². The molecule has 0 radical (unpaired) electrons. The summed E-state index contributed by atoms with van der Waals surface area (Å²) in [6.07, 6.45) is 11.8. The predicted octanol–water partition coefficient (Wildman–Crippen LogP) is 7.96. The van der Waals surface area contributed by atoms with Crippen LogP contribution in [0.1, 0.15) is 37.3 Å². The topological polar surface area (TPSA) is 24.7 Å². The molecule has 2 nitrogen and oxygen atoms in total. The minimum Gasteiger partial charge on any atom is -0.252 e. The van der Waals surface area contributed by atoms with Crippen LogP contribution in [0.5, 0.6) is 0 Å². The summed E-state index contributed by atoms with van der Waals surface area (Å²) in [5.41, 5.74) is 8.81. The standard InChI is InChI=1S/C27H22Br2N2/c1-17-5-4-8-24-25(17)27(19-11-15-21(29)16-12-19)30-23-7-3-2-6-22(23)26(31-24)18-9-13-20(28)14-10-18/h2,4,6,8-17H,3,5,7H2,1H3. The maximum atomic E-state index is 5.33. The lowest BCUT2D eigenvalue weighted by molar-refractivity contribution is 0.702. The highest BCUT2D eigenvalue weighted by molar-refractivity contribution is 9.10. The summed E-state index contributed by atoms with van der Waals surface area (Å²) in [7, 11) is 0. The van der Waals surface area contributed by atoms with Gasteiger partial charge in [0.25, 0.3) is 0 Å². The van der Waals surface area contributed by atoms with Crippen LogP contribution in [0.25, 0.3) is 0 Å². The molecule has 0 fully saturated rings. The van der Waals surface area contributed by atoms with Crippen LogP contribution in [0.4, 0.5) is 0 Å². The number of hydrogen-bond acceptors (Lipinski definition) is 2. The number of rotatable bonds is 2. The Labute approximate surface area is 200 Å². The van der Waals surface area contributed by atoms with Gasteiger partial charge in [0, 0.05) is 31.2 Å². The molecule has 2 aromatic rings. The normalized spacial score (nSPS) is 20.5. The van der Waals surface area contributed by atoms with Crippen molar-refractivity contribution in [3.8, 4) is 0 Å². The fourth-order valence-corrected chi connectivity index (χ4v) is 4.84. The van der Waals surface area contributed by atoms with E-state index in [1.165, 1.54) is 5.57 Å². The monoisotopic (exact) mass is 532 g/mol. The Morgan fingerprint density at radius 3 is 2.10 bits per heavy atom. The molecule has 0 saturated heterocycles. The summed E-state index contributed by atoms with van der Waals surface area (Å²) < 4.78 is 2.14. The van der Waals surface area contributed by atoms with Crippen LogP contribution in [0, 0.1) is 5.92 Å². The van der Waals surface area contributed by atoms with E-state index in [1.54, 1.807) is 0 Å². The van der Waals surface area contributed by atoms with Crippen LogP contribution >= 0.6 is 31.9 Å². The maximum absolute atomic E-state index is 5.33. The maximum Gasteiger partial charge on any atom is 0.0799 e. The zero-order chi connectivity index (χ0) is 21.4. The summed E-state index contributed by atoms with van der Waals surface area (Å²) in [4.78, 5) is 10.6. The van der Waals surface area contributed by atoms with Gasteiger partial charge in [-0.05, 0) is 55.5 Å². The summed E-state index contributed by atoms with van der Waals surface area (Å²) in [5.74, 6) is 0.360. The summed E-state index contributed by atoms with van der Waals surface area (Å²) in [6.45, 7) is 2.28. The fraction of sp³-hybridized carbons (Fsp3) is 0.185. The average Bonchev–Trinajstić information content (AvgIpc) is 2.77. The average molecular weight is 534 g/mol. The first-order valence-electron chi connectivity index (χ1n) is 10.6. The third-order valence-corrected chi connectivity index (χ3v) is 6.96. The van der Waals surface area contributed by atoms with Crippen LogP contribution in [0.3, 0.4) is 0 Å². The molecular weight excluding hydrogens is 512 g/mol. The van der Waals surface area contributed by atoms with Gasteiger partial charge >= 0.3 is 0 Å². The first kappa shape index (κ1) is 20.6. The van der Waals surface area contributed by atoms with E-state index in [-0.39, 0.29) is 0 Å². The second kappa shape index (κ2) is 8.68. The summed E-state index contributed by atoms with van der Waals surface area (Å²) in [5, 5.41) is 0. The van der Waals surface area contributed by atoms with Gasteiger partial charge in [-0.1, -0.05) is 81.3 Å². The number of halogens is 2. The van der Waals surface area contributed by atoms with Crippen molar-refractivity contribution in [2.75, 3.05) is 0 Å². The largest absolute Gasteiger partial charge is 0.252 e. The highest BCUT2D eigenvalue weighted by Crippen LogP contribution is 2.35. The molecule has 1 atom stereocenters. The van der Waals surface area contributed by atoms with E-state index in [4.69, 9.17) is 9.98 Å². The molecule has 1 heterocycles. The van der Waals surface area contributed by atoms with Crippen LogP contribution in [-0.2, 0) is 0 Å². The number of aliphatic imine (C=N–C) groups is 2. The minimum atomic E-state index is 0.360. The van der Waals surface area contributed by atoms with E-state index in [9.17, 15) is 0 Å². The highest BCUT2D eigenvalue weighted by Gasteiger charge is 2.27. The van der Waals surface area contributed by atoms with E-state index in [1.807, 2.05) is 0 Å². The smallest absolute Gasteiger partial charge is 0.0799 e. The van der Waals surface area contributed by atoms with Crippen LogP contribution in [0.15, 0.2) is 114 Å². The molecule has 0 spiro atoms. The molecule has 1 unspecified atom stereocenters. The quantitative estimate of drug-likeness (QED) is 0.374. The van der Waals surface area contributed by atoms with Crippen molar-refractivity contribution in [3.05, 3.63) is 115 Å². The van der Waals surface area contributed by atoms with E-state index < -0.39 is 0 Å². The second-order valence-electron chi connectivity index (χ2n) is 8.07. The molecule has 0 saturated carbocycles. The lowest BCUT2D eigenvalue weighted by atomic mass is 9.84. The number of benzene rings is 2. The molecule has 0 amide bonds. The van der Waals surface area contributed by atoms with Gasteiger partial charge in [-0.15, -0.1) is 0 Å². The summed E-state index contributed by atoms with van der Waals surface area (Å²) >= 11 is 7.12. The van der Waals surface area contributed by atoms with Crippen molar-refractivity contribution in [2.45, 2.75) is 26.2 Å². The summed E-state index contributed by atoms with van der Waals surface area (Å²) in [6, 6.07) is 16.9. The van der Waals surface area contributed by atoms with Crippen LogP contribution in [0.2, 0.25) is 0 Å². The molecule has 5 rings (SSSR count). The first-order valence-corrected chi connectivity index (χ1v) is 12.2. The Bertz CT molecular complexity index is 1210. The zero-order valence-corrected chi connectivity index (χ0v) is 20.4. The molecule has 154 valence electrons. The van der Waals surface area contributed by atoms with Crippen molar-refractivity contribution in [2.24, 2.45) is 15.9 Å². The van der Waals surface area contributed by atoms with Crippen molar-refractivity contribution in [3.63, 3.8) is 0 Å². The van der Waals surface area contributed by atoms with Gasteiger partial charge in [0.15, 0.2) is 0 Å².